The number of unbranched alkanes of at least 4 members (excludes halogenated alkanes) is 10. The van der Waals surface area contributed by atoms with E-state index in [9.17, 15) is 0 Å². The van der Waals surface area contributed by atoms with E-state index in [1.54, 1.807) is 0 Å². The highest BCUT2D eigenvalue weighted by atomic mass is 14.8. The lowest BCUT2D eigenvalue weighted by molar-refractivity contribution is 0.543. The molecule has 0 aromatic rings. The molecule has 0 rings (SSSR count). The monoisotopic (exact) mass is 269 g/mol. The highest BCUT2D eigenvalue weighted by Gasteiger charge is 1.92. The van der Waals surface area contributed by atoms with Gasteiger partial charge in [-0.1, -0.05) is 78.1 Å². The summed E-state index contributed by atoms with van der Waals surface area (Å²) in [5.74, 6) is 0. The summed E-state index contributed by atoms with van der Waals surface area (Å²) in [6.45, 7) is 13.0. The molecule has 1 N–H and O–H groups in total. The van der Waals surface area contributed by atoms with Gasteiger partial charge < -0.3 is 5.32 Å². The van der Waals surface area contributed by atoms with Crippen molar-refractivity contribution in [2.75, 3.05) is 13.1 Å². The largest absolute Gasteiger partial charge is 0.317 e. The Morgan fingerprint density at radius 2 is 0.842 bits per heavy atom. The van der Waals surface area contributed by atoms with Crippen LogP contribution >= 0.6 is 0 Å². The predicted molar refractivity (Wildman–Crippen MR) is 90.9 cm³/mol. The molecular formula is C18H39N. The Morgan fingerprint density at radius 3 is 1.21 bits per heavy atom. The van der Waals surface area contributed by atoms with Crippen LogP contribution in [0.4, 0.5) is 0 Å². The normalized spacial score (nSPS) is 10.0. The number of hydrogen-bond donors (Lipinski definition) is 1. The molecule has 19 heavy (non-hydrogen) atoms. The smallest absolute Gasteiger partial charge is 0.00489 e. The molecule has 1 nitrogen and oxygen atoms in total. The molecule has 0 atom stereocenters. The van der Waals surface area contributed by atoms with Crippen molar-refractivity contribution in [1.29, 1.82) is 0 Å². The van der Waals surface area contributed by atoms with Gasteiger partial charge >= 0.3 is 0 Å². The Morgan fingerprint density at radius 1 is 0.526 bits per heavy atom. The van der Waals surface area contributed by atoms with Crippen LogP contribution < -0.4 is 5.32 Å². The van der Waals surface area contributed by atoms with Crippen LogP contribution in [0.3, 0.4) is 0 Å². The maximum Gasteiger partial charge on any atom is -0.00489 e. The van der Waals surface area contributed by atoms with Crippen molar-refractivity contribution in [3.05, 3.63) is 13.2 Å². The number of rotatable bonds is 14. The molecule has 0 heterocycles. The van der Waals surface area contributed by atoms with E-state index in [2.05, 4.69) is 32.3 Å². The molecule has 0 fully saturated rings. The third-order valence-corrected chi connectivity index (χ3v) is 3.41. The van der Waals surface area contributed by atoms with E-state index < -0.39 is 0 Å². The van der Waals surface area contributed by atoms with Crippen LogP contribution in [0.25, 0.3) is 0 Å². The molecule has 0 aliphatic heterocycles. The van der Waals surface area contributed by atoms with Crippen molar-refractivity contribution in [3.63, 3.8) is 0 Å². The van der Waals surface area contributed by atoms with Gasteiger partial charge in [-0.3, -0.25) is 0 Å². The van der Waals surface area contributed by atoms with E-state index >= 15 is 0 Å². The zero-order valence-corrected chi connectivity index (χ0v) is 13.8. The van der Waals surface area contributed by atoms with Crippen molar-refractivity contribution in [2.45, 2.75) is 90.9 Å². The number of nitrogens with one attached hydrogen (secondary N) is 1. The second-order valence-electron chi connectivity index (χ2n) is 5.29. The third kappa shape index (κ3) is 23.2. The van der Waals surface area contributed by atoms with Gasteiger partial charge in [0.15, 0.2) is 0 Å². The lowest BCUT2D eigenvalue weighted by atomic mass is 10.1. The third-order valence-electron chi connectivity index (χ3n) is 3.41. The van der Waals surface area contributed by atoms with Crippen molar-refractivity contribution in [2.24, 2.45) is 0 Å². The first-order chi connectivity index (χ1) is 9.41. The van der Waals surface area contributed by atoms with E-state index in [0.29, 0.717) is 0 Å². The first-order valence-electron chi connectivity index (χ1n) is 8.62. The quantitative estimate of drug-likeness (QED) is 0.297. The molecule has 0 aliphatic carbocycles. The molecular weight excluding hydrogens is 230 g/mol. The summed E-state index contributed by atoms with van der Waals surface area (Å²) in [6, 6.07) is 0. The molecule has 0 aromatic carbocycles. The van der Waals surface area contributed by atoms with Gasteiger partial charge in [-0.05, 0) is 25.9 Å². The van der Waals surface area contributed by atoms with Gasteiger partial charge in [0.2, 0.25) is 0 Å². The zero-order valence-electron chi connectivity index (χ0n) is 13.8. The van der Waals surface area contributed by atoms with Crippen LogP contribution in [-0.2, 0) is 0 Å². The van der Waals surface area contributed by atoms with Crippen LogP contribution in [0.5, 0.6) is 0 Å². The Kier molecular flexibility index (Phi) is 25.3. The minimum atomic E-state index is 1.24. The van der Waals surface area contributed by atoms with Crippen LogP contribution in [0.2, 0.25) is 0 Å². The van der Waals surface area contributed by atoms with Gasteiger partial charge in [-0.15, -0.1) is 13.2 Å². The highest BCUT2D eigenvalue weighted by molar-refractivity contribution is 4.51. The first kappa shape index (κ1) is 21.0. The zero-order chi connectivity index (χ0) is 14.6. The summed E-state index contributed by atoms with van der Waals surface area (Å²) in [5.41, 5.74) is 0. The van der Waals surface area contributed by atoms with Crippen LogP contribution in [-0.4, -0.2) is 13.1 Å². The topological polar surface area (TPSA) is 12.0 Å². The standard InChI is InChI=1S/C16H35N.C2H4/c1-3-5-7-9-11-13-15-17-16-14-12-10-8-6-4-2;1-2/h17H,3-16H2,1-2H3;1-2H2. The lowest BCUT2D eigenvalue weighted by Crippen LogP contribution is -2.16. The van der Waals surface area contributed by atoms with Crippen molar-refractivity contribution in [1.82, 2.24) is 5.32 Å². The predicted octanol–water partition coefficient (Wildman–Crippen LogP) is 6.10. The molecule has 0 spiro atoms. The molecule has 116 valence electrons. The maximum absolute atomic E-state index is 3.57. The van der Waals surface area contributed by atoms with E-state index in [1.807, 2.05) is 0 Å². The Labute approximate surface area is 123 Å². The van der Waals surface area contributed by atoms with Gasteiger partial charge in [0.1, 0.15) is 0 Å². The van der Waals surface area contributed by atoms with E-state index in [-0.39, 0.29) is 0 Å². The van der Waals surface area contributed by atoms with Crippen LogP contribution in [0.15, 0.2) is 13.2 Å². The first-order valence-corrected chi connectivity index (χ1v) is 8.62. The van der Waals surface area contributed by atoms with E-state index in [1.165, 1.54) is 90.1 Å². The van der Waals surface area contributed by atoms with Gasteiger partial charge in [0.25, 0.3) is 0 Å². The fraction of sp³-hybridized carbons (Fsp3) is 0.889. The van der Waals surface area contributed by atoms with Crippen molar-refractivity contribution >= 4 is 0 Å². The van der Waals surface area contributed by atoms with Gasteiger partial charge in [0.05, 0.1) is 0 Å². The maximum atomic E-state index is 3.57. The van der Waals surface area contributed by atoms with Crippen molar-refractivity contribution in [3.8, 4) is 0 Å². The molecule has 0 aromatic heterocycles. The summed E-state index contributed by atoms with van der Waals surface area (Å²) in [4.78, 5) is 0. The van der Waals surface area contributed by atoms with Crippen LogP contribution in [0, 0.1) is 0 Å². The summed E-state index contributed by atoms with van der Waals surface area (Å²) in [7, 11) is 0. The molecule has 1 heteroatoms. The van der Waals surface area contributed by atoms with E-state index in [0.717, 1.165) is 0 Å². The van der Waals surface area contributed by atoms with Gasteiger partial charge in [-0.25, -0.2) is 0 Å². The molecule has 0 aliphatic rings. The van der Waals surface area contributed by atoms with Gasteiger partial charge in [0, 0.05) is 0 Å². The van der Waals surface area contributed by atoms with Gasteiger partial charge in [-0.2, -0.15) is 0 Å². The molecule has 0 saturated heterocycles. The fourth-order valence-corrected chi connectivity index (χ4v) is 2.19. The summed E-state index contributed by atoms with van der Waals surface area (Å²) in [5, 5.41) is 3.57. The molecule has 0 unspecified atom stereocenters. The Hall–Kier alpha value is -0.300. The second kappa shape index (κ2) is 22.8. The molecule has 0 amide bonds. The fourth-order valence-electron chi connectivity index (χ4n) is 2.19. The second-order valence-corrected chi connectivity index (χ2v) is 5.29. The SMILES string of the molecule is C=C.CCCCCCCCNCCCCCCCC. The summed E-state index contributed by atoms with van der Waals surface area (Å²) < 4.78 is 0. The summed E-state index contributed by atoms with van der Waals surface area (Å²) in [6.07, 6.45) is 16.9. The average molecular weight is 270 g/mol. The minimum absolute atomic E-state index is 1.24. The molecule has 0 saturated carbocycles. The Bertz CT molecular complexity index is 120. The highest BCUT2D eigenvalue weighted by Crippen LogP contribution is 2.05. The number of hydrogen-bond acceptors (Lipinski definition) is 1. The van der Waals surface area contributed by atoms with Crippen molar-refractivity contribution < 1.29 is 0 Å². The van der Waals surface area contributed by atoms with Crippen LogP contribution in [0.1, 0.15) is 90.9 Å². The minimum Gasteiger partial charge on any atom is -0.317 e. The Balaban J connectivity index is 0. The average Bonchev–Trinajstić information content (AvgIpc) is 2.46. The summed E-state index contributed by atoms with van der Waals surface area (Å²) >= 11 is 0. The molecule has 0 bridgehead atoms. The lowest BCUT2D eigenvalue weighted by Gasteiger charge is -2.04. The van der Waals surface area contributed by atoms with E-state index in [4.69, 9.17) is 0 Å². The molecule has 0 radical (unpaired) electrons.